The lowest BCUT2D eigenvalue weighted by molar-refractivity contribution is -0.255. The Kier molecular flexibility index (Phi) is 3.19. The van der Waals surface area contributed by atoms with Crippen LogP contribution in [0.15, 0.2) is 42.5 Å². The summed E-state index contributed by atoms with van der Waals surface area (Å²) in [6, 6.07) is 10.3. The standard InChI is InChI=1S/C14H9FO3/c15-13-7-9(5-6-12(13)14(17)18)11-4-2-1-3-10(11)8-16/h1-8H,(H,17,18)/p-1. The Bertz CT molecular complexity index is 620. The van der Waals surface area contributed by atoms with Crippen LogP contribution in [0, 0.1) is 5.82 Å². The molecule has 0 aliphatic heterocycles. The van der Waals surface area contributed by atoms with Crippen LogP contribution in [-0.2, 0) is 0 Å². The normalized spacial score (nSPS) is 10.1. The first-order chi connectivity index (χ1) is 8.63. The van der Waals surface area contributed by atoms with Gasteiger partial charge in [0.2, 0.25) is 0 Å². The smallest absolute Gasteiger partial charge is 0.150 e. The molecule has 0 radical (unpaired) electrons. The molecule has 0 heterocycles. The van der Waals surface area contributed by atoms with E-state index in [1.165, 1.54) is 6.07 Å². The fraction of sp³-hybridized carbons (Fsp3) is 0. The molecule has 0 saturated heterocycles. The number of halogens is 1. The van der Waals surface area contributed by atoms with Gasteiger partial charge in [-0.1, -0.05) is 30.3 Å². The van der Waals surface area contributed by atoms with Gasteiger partial charge in [0.05, 0.1) is 5.97 Å². The Balaban J connectivity index is 2.55. The van der Waals surface area contributed by atoms with Crippen LogP contribution >= 0.6 is 0 Å². The first-order valence-corrected chi connectivity index (χ1v) is 5.19. The summed E-state index contributed by atoms with van der Waals surface area (Å²) in [7, 11) is 0. The molecule has 0 bridgehead atoms. The van der Waals surface area contributed by atoms with E-state index in [2.05, 4.69) is 0 Å². The average molecular weight is 243 g/mol. The summed E-state index contributed by atoms with van der Waals surface area (Å²) >= 11 is 0. The molecule has 0 atom stereocenters. The van der Waals surface area contributed by atoms with E-state index in [1.54, 1.807) is 24.3 Å². The van der Waals surface area contributed by atoms with Gasteiger partial charge in [-0.05, 0) is 23.3 Å². The Hall–Kier alpha value is -2.49. The minimum Gasteiger partial charge on any atom is -0.545 e. The van der Waals surface area contributed by atoms with Crippen molar-refractivity contribution in [2.75, 3.05) is 0 Å². The third kappa shape index (κ3) is 2.13. The van der Waals surface area contributed by atoms with Crippen LogP contribution < -0.4 is 5.11 Å². The van der Waals surface area contributed by atoms with Crippen LogP contribution in [0.4, 0.5) is 4.39 Å². The van der Waals surface area contributed by atoms with Crippen molar-refractivity contribution in [1.29, 1.82) is 0 Å². The Morgan fingerprint density at radius 3 is 2.50 bits per heavy atom. The molecule has 3 nitrogen and oxygen atoms in total. The summed E-state index contributed by atoms with van der Waals surface area (Å²) < 4.78 is 13.5. The Morgan fingerprint density at radius 2 is 1.89 bits per heavy atom. The van der Waals surface area contributed by atoms with Gasteiger partial charge < -0.3 is 9.90 Å². The highest BCUT2D eigenvalue weighted by molar-refractivity contribution is 5.90. The lowest BCUT2D eigenvalue weighted by Gasteiger charge is -2.08. The zero-order chi connectivity index (χ0) is 13.1. The number of rotatable bonds is 3. The number of carbonyl (C=O) groups excluding carboxylic acids is 2. The largest absolute Gasteiger partial charge is 0.545 e. The first-order valence-electron chi connectivity index (χ1n) is 5.19. The monoisotopic (exact) mass is 243 g/mol. The van der Waals surface area contributed by atoms with E-state index in [1.807, 2.05) is 0 Å². The lowest BCUT2D eigenvalue weighted by Crippen LogP contribution is -2.23. The Morgan fingerprint density at radius 1 is 1.17 bits per heavy atom. The highest BCUT2D eigenvalue weighted by atomic mass is 19.1. The average Bonchev–Trinajstić information content (AvgIpc) is 2.38. The topological polar surface area (TPSA) is 57.2 Å². The van der Waals surface area contributed by atoms with Crippen molar-refractivity contribution >= 4 is 12.3 Å². The molecule has 0 aliphatic rings. The van der Waals surface area contributed by atoms with E-state index in [0.717, 1.165) is 12.1 Å². The highest BCUT2D eigenvalue weighted by Crippen LogP contribution is 2.24. The van der Waals surface area contributed by atoms with Gasteiger partial charge in [0.15, 0.2) is 6.29 Å². The molecule has 0 unspecified atom stereocenters. The second-order valence-electron chi connectivity index (χ2n) is 3.69. The Labute approximate surface area is 103 Å². The SMILES string of the molecule is O=Cc1ccccc1-c1ccc(C(=O)[O-])c(F)c1. The molecule has 0 N–H and O–H groups in total. The number of carboxylic acids is 1. The summed E-state index contributed by atoms with van der Waals surface area (Å²) in [5.74, 6) is -2.45. The molecular weight excluding hydrogens is 235 g/mol. The molecular formula is C14H8FO3-. The number of hydrogen-bond acceptors (Lipinski definition) is 3. The molecule has 2 aromatic carbocycles. The third-order valence-corrected chi connectivity index (χ3v) is 2.59. The van der Waals surface area contributed by atoms with Crippen molar-refractivity contribution in [2.45, 2.75) is 0 Å². The van der Waals surface area contributed by atoms with Gasteiger partial charge in [-0.3, -0.25) is 4.79 Å². The van der Waals surface area contributed by atoms with Gasteiger partial charge in [0.1, 0.15) is 5.82 Å². The molecule has 0 aliphatic carbocycles. The summed E-state index contributed by atoms with van der Waals surface area (Å²) in [5, 5.41) is 10.6. The predicted octanol–water partition coefficient (Wildman–Crippen LogP) is 1.67. The summed E-state index contributed by atoms with van der Waals surface area (Å²) in [4.78, 5) is 21.4. The lowest BCUT2D eigenvalue weighted by atomic mass is 9.99. The minimum absolute atomic E-state index is 0.415. The number of carbonyl (C=O) groups is 2. The molecule has 4 heteroatoms. The van der Waals surface area contributed by atoms with E-state index in [0.29, 0.717) is 23.0 Å². The van der Waals surface area contributed by atoms with Crippen molar-refractivity contribution in [1.82, 2.24) is 0 Å². The molecule has 90 valence electrons. The van der Waals surface area contributed by atoms with Gasteiger partial charge in [0.25, 0.3) is 0 Å². The molecule has 2 aromatic rings. The van der Waals surface area contributed by atoms with E-state index >= 15 is 0 Å². The van der Waals surface area contributed by atoms with Gasteiger partial charge in [-0.2, -0.15) is 0 Å². The van der Waals surface area contributed by atoms with E-state index < -0.39 is 17.3 Å². The minimum atomic E-state index is -1.57. The molecule has 18 heavy (non-hydrogen) atoms. The molecule has 0 amide bonds. The molecule has 0 saturated carbocycles. The van der Waals surface area contributed by atoms with E-state index in [-0.39, 0.29) is 0 Å². The molecule has 0 spiro atoms. The van der Waals surface area contributed by atoms with E-state index in [4.69, 9.17) is 0 Å². The second-order valence-corrected chi connectivity index (χ2v) is 3.69. The first kappa shape index (κ1) is 12.0. The zero-order valence-electron chi connectivity index (χ0n) is 9.22. The maximum atomic E-state index is 13.5. The molecule has 2 rings (SSSR count). The number of aromatic carboxylic acids is 1. The third-order valence-electron chi connectivity index (χ3n) is 2.59. The quantitative estimate of drug-likeness (QED) is 0.770. The van der Waals surface area contributed by atoms with E-state index in [9.17, 15) is 19.1 Å². The summed E-state index contributed by atoms with van der Waals surface area (Å²) in [6.45, 7) is 0. The van der Waals surface area contributed by atoms with Crippen LogP contribution in [0.2, 0.25) is 0 Å². The van der Waals surface area contributed by atoms with Crippen molar-refractivity contribution in [2.24, 2.45) is 0 Å². The van der Waals surface area contributed by atoms with Crippen LogP contribution in [0.1, 0.15) is 20.7 Å². The van der Waals surface area contributed by atoms with Crippen LogP contribution in [-0.4, -0.2) is 12.3 Å². The predicted molar refractivity (Wildman–Crippen MR) is 61.6 cm³/mol. The molecule has 0 aromatic heterocycles. The van der Waals surface area contributed by atoms with Crippen molar-refractivity contribution < 1.29 is 19.1 Å². The van der Waals surface area contributed by atoms with Gasteiger partial charge >= 0.3 is 0 Å². The van der Waals surface area contributed by atoms with Crippen molar-refractivity contribution in [3.8, 4) is 11.1 Å². The van der Waals surface area contributed by atoms with Crippen LogP contribution in [0.5, 0.6) is 0 Å². The fourth-order valence-electron chi connectivity index (χ4n) is 1.71. The van der Waals surface area contributed by atoms with Gasteiger partial charge in [0, 0.05) is 11.1 Å². The zero-order valence-corrected chi connectivity index (χ0v) is 9.22. The maximum absolute atomic E-state index is 13.5. The maximum Gasteiger partial charge on any atom is 0.150 e. The van der Waals surface area contributed by atoms with Crippen LogP contribution in [0.25, 0.3) is 11.1 Å². The number of carboxylic acid groups (broad SMARTS) is 1. The number of benzene rings is 2. The van der Waals surface area contributed by atoms with Gasteiger partial charge in [-0.25, -0.2) is 4.39 Å². The number of hydrogen-bond donors (Lipinski definition) is 0. The number of aldehydes is 1. The second kappa shape index (κ2) is 4.79. The fourth-order valence-corrected chi connectivity index (χ4v) is 1.71. The van der Waals surface area contributed by atoms with Crippen LogP contribution in [0.3, 0.4) is 0 Å². The summed E-state index contributed by atoms with van der Waals surface area (Å²) in [6.07, 6.45) is 0.667. The molecule has 0 fully saturated rings. The highest BCUT2D eigenvalue weighted by Gasteiger charge is 2.08. The van der Waals surface area contributed by atoms with Gasteiger partial charge in [-0.15, -0.1) is 0 Å². The summed E-state index contributed by atoms with van der Waals surface area (Å²) in [5.41, 5.74) is 0.914. The van der Waals surface area contributed by atoms with Crippen molar-refractivity contribution in [3.05, 3.63) is 59.4 Å². The van der Waals surface area contributed by atoms with Crippen molar-refractivity contribution in [3.63, 3.8) is 0 Å².